The van der Waals surface area contributed by atoms with Crippen molar-refractivity contribution in [3.8, 4) is 0 Å². The third kappa shape index (κ3) is 9.26. The molecule has 0 unspecified atom stereocenters. The van der Waals surface area contributed by atoms with Crippen LogP contribution in [0.2, 0.25) is 0 Å². The van der Waals surface area contributed by atoms with Crippen molar-refractivity contribution in [3.05, 3.63) is 143 Å². The Bertz CT molecular complexity index is 2330. The number of aryl methyl sites for hydroxylation is 2. The lowest BCUT2D eigenvalue weighted by Gasteiger charge is -2.33. The average Bonchev–Trinajstić information content (AvgIpc) is 3.78. The second-order valence-corrected chi connectivity index (χ2v) is 19.5. The van der Waals surface area contributed by atoms with Gasteiger partial charge >= 0.3 is 0 Å². The van der Waals surface area contributed by atoms with E-state index >= 15 is 0 Å². The van der Waals surface area contributed by atoms with Crippen LogP contribution in [0.1, 0.15) is 44.2 Å². The first-order valence-electron chi connectivity index (χ1n) is 21.6. The van der Waals surface area contributed by atoms with Crippen molar-refractivity contribution in [2.45, 2.75) is 56.0 Å². The Morgan fingerprint density at radius 2 is 0.881 bits per heavy atom. The lowest BCUT2D eigenvalue weighted by Crippen LogP contribution is -2.47. The molecule has 8 heteroatoms. The van der Waals surface area contributed by atoms with Gasteiger partial charge in [0.15, 0.2) is 25.5 Å². The summed E-state index contributed by atoms with van der Waals surface area (Å²) in [6.07, 6.45) is 12.9. The highest BCUT2D eigenvalue weighted by Gasteiger charge is 2.26. The number of para-hydroxylation sites is 4. The van der Waals surface area contributed by atoms with Crippen LogP contribution >= 0.6 is 23.5 Å². The number of nitrogens with zero attached hydrogens (tertiary/aromatic N) is 6. The van der Waals surface area contributed by atoms with Crippen LogP contribution in [0.4, 0.5) is 11.4 Å². The third-order valence-electron chi connectivity index (χ3n) is 12.2. The third-order valence-corrected chi connectivity index (χ3v) is 14.5. The largest absolute Gasteiger partial charge is 0.335 e. The Morgan fingerprint density at radius 1 is 0.492 bits per heavy atom. The van der Waals surface area contributed by atoms with E-state index in [9.17, 15) is 0 Å². The van der Waals surface area contributed by atoms with Crippen molar-refractivity contribution in [1.82, 2.24) is 0 Å². The van der Waals surface area contributed by atoms with Crippen molar-refractivity contribution < 1.29 is 18.1 Å². The summed E-state index contributed by atoms with van der Waals surface area (Å²) in [5, 5.41) is 5.24. The van der Waals surface area contributed by atoms with Gasteiger partial charge in [-0.3, -0.25) is 0 Å². The second kappa shape index (κ2) is 17.9. The molecular formula is C51H62N6S2+4. The maximum atomic E-state index is 2.46. The number of benzene rings is 4. The molecule has 0 saturated carbocycles. The van der Waals surface area contributed by atoms with E-state index in [2.05, 4.69) is 195 Å². The van der Waals surface area contributed by atoms with Crippen molar-refractivity contribution in [2.75, 3.05) is 77.3 Å². The fourth-order valence-corrected chi connectivity index (χ4v) is 11.3. The molecular weight excluding hydrogens is 761 g/mol. The number of hydrogen-bond acceptors (Lipinski definition) is 4. The zero-order valence-corrected chi connectivity index (χ0v) is 37.6. The van der Waals surface area contributed by atoms with Gasteiger partial charge in [-0.05, 0) is 73.5 Å². The fraction of sp³-hybridized carbons (Fsp3) is 0.333. The van der Waals surface area contributed by atoms with E-state index in [0.29, 0.717) is 0 Å². The molecule has 2 aromatic heterocycles. The van der Waals surface area contributed by atoms with Crippen molar-refractivity contribution in [3.63, 3.8) is 0 Å². The predicted octanol–water partition coefficient (Wildman–Crippen LogP) is 10.5. The van der Waals surface area contributed by atoms with Gasteiger partial charge in [0.25, 0.3) is 0 Å². The molecule has 2 aliphatic heterocycles. The molecule has 0 bridgehead atoms. The zero-order chi connectivity index (χ0) is 41.0. The number of rotatable bonds is 16. The summed E-state index contributed by atoms with van der Waals surface area (Å²) in [6.45, 7) is 13.2. The van der Waals surface area contributed by atoms with Gasteiger partial charge in [-0.25, -0.2) is 0 Å². The highest BCUT2D eigenvalue weighted by molar-refractivity contribution is 8.04. The average molecular weight is 823 g/mol. The molecule has 0 aliphatic carbocycles. The van der Waals surface area contributed by atoms with Crippen LogP contribution in [-0.4, -0.2) is 76.4 Å². The van der Waals surface area contributed by atoms with Gasteiger partial charge in [0.05, 0.1) is 99.4 Å². The quantitative estimate of drug-likeness (QED) is 0.0713. The number of hydrogen-bond donors (Lipinski definition) is 0. The number of fused-ring (bicyclic) bond motifs is 4. The Balaban J connectivity index is 0.830. The Labute approximate surface area is 361 Å². The van der Waals surface area contributed by atoms with E-state index in [1.54, 1.807) is 0 Å². The van der Waals surface area contributed by atoms with Crippen molar-refractivity contribution in [1.29, 1.82) is 0 Å². The minimum absolute atomic E-state index is 0.963. The van der Waals surface area contributed by atoms with Crippen LogP contribution in [0.25, 0.3) is 34.0 Å². The molecule has 4 heterocycles. The molecule has 6 aromatic rings. The summed E-state index contributed by atoms with van der Waals surface area (Å²) >= 11 is 3.76. The van der Waals surface area contributed by atoms with Gasteiger partial charge in [0, 0.05) is 53.6 Å². The number of aromatic nitrogens is 2. The topological polar surface area (TPSA) is 14.2 Å². The maximum Gasteiger partial charge on any atom is 0.213 e. The van der Waals surface area contributed by atoms with Crippen LogP contribution in [0.5, 0.6) is 0 Å². The van der Waals surface area contributed by atoms with E-state index in [1.807, 2.05) is 23.5 Å². The summed E-state index contributed by atoms with van der Waals surface area (Å²) in [7, 11) is 9.67. The van der Waals surface area contributed by atoms with Crippen LogP contribution in [0.3, 0.4) is 0 Å². The molecule has 59 heavy (non-hydrogen) atoms. The summed E-state index contributed by atoms with van der Waals surface area (Å²) in [5.41, 5.74) is 7.83. The van der Waals surface area contributed by atoms with E-state index in [4.69, 9.17) is 0 Å². The molecule has 0 saturated heterocycles. The zero-order valence-electron chi connectivity index (χ0n) is 36.0. The number of thioether (sulfide) groups is 2. The van der Waals surface area contributed by atoms with Crippen molar-refractivity contribution >= 4 is 68.9 Å². The summed E-state index contributed by atoms with van der Waals surface area (Å²) < 4.78 is 7.03. The molecule has 0 spiro atoms. The summed E-state index contributed by atoms with van der Waals surface area (Å²) in [5.74, 6) is 0. The Morgan fingerprint density at radius 3 is 1.32 bits per heavy atom. The first kappa shape index (κ1) is 41.1. The molecule has 4 aromatic carbocycles. The minimum Gasteiger partial charge on any atom is -0.335 e. The highest BCUT2D eigenvalue weighted by atomic mass is 32.2. The molecule has 2 aliphatic rings. The normalized spacial score (nSPS) is 15.6. The first-order valence-corrected chi connectivity index (χ1v) is 23.2. The van der Waals surface area contributed by atoms with Crippen LogP contribution in [-0.2, 0) is 13.1 Å². The van der Waals surface area contributed by atoms with Gasteiger partial charge in [0.1, 0.15) is 0 Å². The smallest absolute Gasteiger partial charge is 0.213 e. The molecule has 6 nitrogen and oxygen atoms in total. The van der Waals surface area contributed by atoms with E-state index in [0.717, 1.165) is 48.0 Å². The molecule has 0 amide bonds. The van der Waals surface area contributed by atoms with Gasteiger partial charge in [0.2, 0.25) is 11.0 Å². The number of pyridine rings is 2. The monoisotopic (exact) mass is 822 g/mol. The lowest BCUT2D eigenvalue weighted by atomic mass is 10.1. The van der Waals surface area contributed by atoms with E-state index < -0.39 is 0 Å². The SMILES string of the molecule is CCN1/C(=C/c2cc[n+](CCC[N+](C)(C)CCC[N+](C)(C)CCC[n+]3ccc(/C=C4/Sc5ccccc5N4CC)c4ccccc43)c3ccccc23)Sc2ccccc21. The van der Waals surface area contributed by atoms with Crippen LogP contribution in [0, 0.1) is 0 Å². The summed E-state index contributed by atoms with van der Waals surface area (Å²) in [4.78, 5) is 7.55. The fourth-order valence-electron chi connectivity index (χ4n) is 8.99. The Hall–Kier alpha value is -4.60. The van der Waals surface area contributed by atoms with Gasteiger partial charge in [-0.1, -0.05) is 72.1 Å². The van der Waals surface area contributed by atoms with Gasteiger partial charge in [-0.15, -0.1) is 0 Å². The molecule has 304 valence electrons. The van der Waals surface area contributed by atoms with Gasteiger partial charge < -0.3 is 18.8 Å². The van der Waals surface area contributed by atoms with Crippen molar-refractivity contribution in [2.24, 2.45) is 0 Å². The molecule has 0 atom stereocenters. The van der Waals surface area contributed by atoms with Gasteiger partial charge in [-0.2, -0.15) is 9.13 Å². The molecule has 8 rings (SSSR count). The molecule has 0 N–H and O–H groups in total. The van der Waals surface area contributed by atoms with E-state index in [1.165, 1.54) is 96.8 Å². The lowest BCUT2D eigenvalue weighted by molar-refractivity contribution is -0.911. The standard InChI is InChI=1S/C51H62N6S2/c1-7-54-46-24-13-15-26-48(46)58-50(54)38-40-28-32-52(44-22-11-9-20-42(40)44)30-17-34-56(3,4)36-19-37-57(5,6)35-18-31-53-33-29-41(43-21-10-12-23-45(43)53)39-51-55(8-2)47-25-14-16-27-49(47)59-51/h9-16,20-29,32-33,38-39H,7-8,17-19,30-31,34-37H2,1-6H3/q+4. The highest BCUT2D eigenvalue weighted by Crippen LogP contribution is 2.47. The predicted molar refractivity (Wildman–Crippen MR) is 252 cm³/mol. The summed E-state index contributed by atoms with van der Waals surface area (Å²) in [6, 6.07) is 40.0. The second-order valence-electron chi connectivity index (χ2n) is 17.4. The van der Waals surface area contributed by atoms with E-state index in [-0.39, 0.29) is 0 Å². The number of quaternary nitrogens is 2. The number of anilines is 2. The molecule has 0 fully saturated rings. The maximum absolute atomic E-state index is 2.46. The minimum atomic E-state index is 0.963. The Kier molecular flexibility index (Phi) is 12.5. The molecule has 0 radical (unpaired) electrons. The first-order chi connectivity index (χ1) is 28.6. The van der Waals surface area contributed by atoms with Crippen LogP contribution < -0.4 is 18.9 Å². The van der Waals surface area contributed by atoms with Crippen LogP contribution in [0.15, 0.2) is 141 Å².